The fourth-order valence-electron chi connectivity index (χ4n) is 2.38. The summed E-state index contributed by atoms with van der Waals surface area (Å²) in [6.07, 6.45) is 1.79. The summed E-state index contributed by atoms with van der Waals surface area (Å²) in [5.41, 5.74) is 0.886. The first-order chi connectivity index (χ1) is 9.76. The first-order valence-electron chi connectivity index (χ1n) is 6.72. The van der Waals surface area contributed by atoms with Crippen LogP contribution in [0.25, 0.3) is 10.2 Å². The number of thiazole rings is 1. The highest BCUT2D eigenvalue weighted by Crippen LogP contribution is 2.29. The van der Waals surface area contributed by atoms with E-state index in [-0.39, 0.29) is 24.2 Å². The Morgan fingerprint density at radius 1 is 1.43 bits per heavy atom. The Kier molecular flexibility index (Phi) is 5.39. The highest BCUT2D eigenvalue weighted by atomic mass is 35.5. The maximum atomic E-state index is 12.2. The molecule has 0 unspecified atom stereocenters. The van der Waals surface area contributed by atoms with Crippen molar-refractivity contribution in [3.8, 4) is 5.75 Å². The van der Waals surface area contributed by atoms with Crippen LogP contribution in [-0.2, 0) is 4.79 Å². The molecule has 1 fully saturated rings. The molecule has 1 aliphatic rings. The molecule has 2 heterocycles. The van der Waals surface area contributed by atoms with Crippen LogP contribution < -0.4 is 15.4 Å². The molecule has 5 nitrogen and oxygen atoms in total. The third-order valence-electron chi connectivity index (χ3n) is 3.54. The van der Waals surface area contributed by atoms with E-state index in [1.54, 1.807) is 7.11 Å². The van der Waals surface area contributed by atoms with Gasteiger partial charge in [-0.15, -0.1) is 12.4 Å². The zero-order valence-electron chi connectivity index (χ0n) is 11.7. The molecule has 3 rings (SSSR count). The quantitative estimate of drug-likeness (QED) is 0.909. The minimum absolute atomic E-state index is 0. The number of hydrogen-bond acceptors (Lipinski definition) is 5. The van der Waals surface area contributed by atoms with Crippen LogP contribution >= 0.6 is 23.7 Å². The Hall–Kier alpha value is -1.37. The van der Waals surface area contributed by atoms with Crippen LogP contribution in [0.3, 0.4) is 0 Å². The standard InChI is InChI=1S/C14H17N3O2S.ClH/c1-19-10-2-3-11-12(8-10)20-14(16-11)17-13(18)9-4-6-15-7-5-9;/h2-3,8-9,15H,4-7H2,1H3,(H,16,17,18);1H. The molecule has 0 aliphatic carbocycles. The number of hydrogen-bond donors (Lipinski definition) is 2. The first kappa shape index (κ1) is 16.0. The summed E-state index contributed by atoms with van der Waals surface area (Å²) in [4.78, 5) is 16.6. The molecule has 7 heteroatoms. The summed E-state index contributed by atoms with van der Waals surface area (Å²) in [6.45, 7) is 1.82. The molecule has 0 spiro atoms. The molecule has 0 atom stereocenters. The number of nitrogens with zero attached hydrogens (tertiary/aromatic N) is 1. The summed E-state index contributed by atoms with van der Waals surface area (Å²) in [5.74, 6) is 0.979. The Morgan fingerprint density at radius 2 is 2.19 bits per heavy atom. The zero-order valence-corrected chi connectivity index (χ0v) is 13.4. The number of anilines is 1. The van der Waals surface area contributed by atoms with Gasteiger partial charge in [0, 0.05) is 5.92 Å². The lowest BCUT2D eigenvalue weighted by Gasteiger charge is -2.20. The van der Waals surface area contributed by atoms with Crippen molar-refractivity contribution in [2.24, 2.45) is 5.92 Å². The van der Waals surface area contributed by atoms with E-state index in [4.69, 9.17) is 4.74 Å². The smallest absolute Gasteiger partial charge is 0.229 e. The van der Waals surface area contributed by atoms with Gasteiger partial charge in [0.1, 0.15) is 5.75 Å². The Labute approximate surface area is 133 Å². The van der Waals surface area contributed by atoms with Crippen LogP contribution in [0.1, 0.15) is 12.8 Å². The fraction of sp³-hybridized carbons (Fsp3) is 0.429. The lowest BCUT2D eigenvalue weighted by Crippen LogP contribution is -2.34. The topological polar surface area (TPSA) is 63.2 Å². The number of carbonyl (C=O) groups excluding carboxylic acids is 1. The van der Waals surface area contributed by atoms with Gasteiger partial charge in [-0.2, -0.15) is 0 Å². The van der Waals surface area contributed by atoms with Crippen molar-refractivity contribution in [3.63, 3.8) is 0 Å². The lowest BCUT2D eigenvalue weighted by atomic mass is 9.97. The summed E-state index contributed by atoms with van der Waals surface area (Å²) >= 11 is 1.48. The Bertz CT molecular complexity index is 626. The minimum atomic E-state index is 0. The second-order valence-electron chi connectivity index (χ2n) is 4.87. The number of ether oxygens (including phenoxy) is 1. The molecule has 1 saturated heterocycles. The highest BCUT2D eigenvalue weighted by Gasteiger charge is 2.21. The largest absolute Gasteiger partial charge is 0.497 e. The van der Waals surface area contributed by atoms with Crippen LogP contribution in [0, 0.1) is 5.92 Å². The van der Waals surface area contributed by atoms with Gasteiger partial charge >= 0.3 is 0 Å². The molecule has 114 valence electrons. The van der Waals surface area contributed by atoms with Gasteiger partial charge in [-0.05, 0) is 44.1 Å². The molecule has 1 amide bonds. The molecule has 2 N–H and O–H groups in total. The van der Waals surface area contributed by atoms with Crippen molar-refractivity contribution in [2.75, 3.05) is 25.5 Å². The zero-order chi connectivity index (χ0) is 13.9. The number of nitrogens with one attached hydrogen (secondary N) is 2. The fourth-order valence-corrected chi connectivity index (χ4v) is 3.27. The van der Waals surface area contributed by atoms with Gasteiger partial charge in [0.2, 0.25) is 5.91 Å². The summed E-state index contributed by atoms with van der Waals surface area (Å²) in [7, 11) is 1.64. The van der Waals surface area contributed by atoms with Gasteiger partial charge in [-0.25, -0.2) is 4.98 Å². The van der Waals surface area contributed by atoms with E-state index in [9.17, 15) is 4.79 Å². The van der Waals surface area contributed by atoms with Crippen molar-refractivity contribution in [3.05, 3.63) is 18.2 Å². The maximum Gasteiger partial charge on any atom is 0.229 e. The summed E-state index contributed by atoms with van der Waals surface area (Å²) < 4.78 is 6.21. The van der Waals surface area contributed by atoms with Crippen molar-refractivity contribution in [1.29, 1.82) is 0 Å². The van der Waals surface area contributed by atoms with Crippen LogP contribution in [0.15, 0.2) is 18.2 Å². The SMILES string of the molecule is COc1ccc2nc(NC(=O)C3CCNCC3)sc2c1.Cl. The highest BCUT2D eigenvalue weighted by molar-refractivity contribution is 7.22. The maximum absolute atomic E-state index is 12.2. The number of carbonyl (C=O) groups is 1. The molecule has 2 aromatic rings. The van der Waals surface area contributed by atoms with Gasteiger partial charge in [-0.1, -0.05) is 11.3 Å². The molecule has 0 saturated carbocycles. The molecule has 1 aromatic heterocycles. The molecular formula is C14H18ClN3O2S. The number of benzene rings is 1. The van der Waals surface area contributed by atoms with E-state index in [1.807, 2.05) is 18.2 Å². The van der Waals surface area contributed by atoms with Crippen molar-refractivity contribution in [1.82, 2.24) is 10.3 Å². The predicted molar refractivity (Wildman–Crippen MR) is 87.6 cm³/mol. The average Bonchev–Trinajstić information content (AvgIpc) is 2.89. The Balaban J connectivity index is 0.00000161. The number of methoxy groups -OCH3 is 1. The normalized spacial score (nSPS) is 15.5. The average molecular weight is 328 g/mol. The predicted octanol–water partition coefficient (Wildman–Crippen LogP) is 2.66. The molecule has 1 aromatic carbocycles. The van der Waals surface area contributed by atoms with Crippen molar-refractivity contribution in [2.45, 2.75) is 12.8 Å². The van der Waals surface area contributed by atoms with E-state index in [0.717, 1.165) is 41.9 Å². The van der Waals surface area contributed by atoms with Crippen molar-refractivity contribution < 1.29 is 9.53 Å². The summed E-state index contributed by atoms with van der Waals surface area (Å²) in [5, 5.41) is 6.86. The van der Waals surface area contributed by atoms with E-state index >= 15 is 0 Å². The van der Waals surface area contributed by atoms with Gasteiger partial charge in [-0.3, -0.25) is 4.79 Å². The molecular weight excluding hydrogens is 310 g/mol. The third kappa shape index (κ3) is 3.64. The van der Waals surface area contributed by atoms with Crippen LogP contribution in [0.4, 0.5) is 5.13 Å². The van der Waals surface area contributed by atoms with E-state index in [1.165, 1.54) is 11.3 Å². The molecule has 0 radical (unpaired) electrons. The van der Waals surface area contributed by atoms with E-state index in [0.29, 0.717) is 5.13 Å². The summed E-state index contributed by atoms with van der Waals surface area (Å²) in [6, 6.07) is 5.72. The van der Waals surface area contributed by atoms with E-state index < -0.39 is 0 Å². The second-order valence-corrected chi connectivity index (χ2v) is 5.90. The van der Waals surface area contributed by atoms with Crippen molar-refractivity contribution >= 4 is 45.0 Å². The molecule has 21 heavy (non-hydrogen) atoms. The number of amides is 1. The Morgan fingerprint density at radius 3 is 2.90 bits per heavy atom. The molecule has 1 aliphatic heterocycles. The van der Waals surface area contributed by atoms with Gasteiger partial charge in [0.15, 0.2) is 5.13 Å². The number of piperidine rings is 1. The number of aromatic nitrogens is 1. The van der Waals surface area contributed by atoms with Gasteiger partial charge < -0.3 is 15.4 Å². The minimum Gasteiger partial charge on any atom is -0.497 e. The van der Waals surface area contributed by atoms with Gasteiger partial charge in [0.25, 0.3) is 0 Å². The van der Waals surface area contributed by atoms with Crippen LogP contribution in [0.2, 0.25) is 0 Å². The van der Waals surface area contributed by atoms with Crippen LogP contribution in [0.5, 0.6) is 5.75 Å². The number of rotatable bonds is 3. The number of fused-ring (bicyclic) bond motifs is 1. The van der Waals surface area contributed by atoms with Crippen LogP contribution in [-0.4, -0.2) is 31.1 Å². The van der Waals surface area contributed by atoms with E-state index in [2.05, 4.69) is 15.6 Å². The monoisotopic (exact) mass is 327 g/mol. The second kappa shape index (κ2) is 7.06. The van der Waals surface area contributed by atoms with Gasteiger partial charge in [0.05, 0.1) is 17.3 Å². The lowest BCUT2D eigenvalue weighted by molar-refractivity contribution is -0.120. The number of halogens is 1. The molecule has 0 bridgehead atoms. The first-order valence-corrected chi connectivity index (χ1v) is 7.54. The third-order valence-corrected chi connectivity index (χ3v) is 4.47.